The van der Waals surface area contributed by atoms with Crippen LogP contribution in [-0.2, 0) is 6.54 Å². The molecule has 148 valence electrons. The number of hydrogen-bond donors (Lipinski definition) is 2. The monoisotopic (exact) mass is 549 g/mol. The molecule has 0 spiro atoms. The van der Waals surface area contributed by atoms with Crippen molar-refractivity contribution in [2.75, 3.05) is 33.2 Å². The van der Waals surface area contributed by atoms with E-state index in [1.807, 2.05) is 43.3 Å². The third kappa shape index (κ3) is 6.76. The average molecular weight is 550 g/mol. The lowest BCUT2D eigenvalue weighted by Crippen LogP contribution is -2.30. The quantitative estimate of drug-likeness (QED) is 0.298. The molecule has 0 saturated heterocycles. The summed E-state index contributed by atoms with van der Waals surface area (Å²) in [6.45, 7) is 3.31. The zero-order chi connectivity index (χ0) is 18.9. The number of anilines is 1. The van der Waals surface area contributed by atoms with Gasteiger partial charge < -0.3 is 24.8 Å². The van der Waals surface area contributed by atoms with Crippen molar-refractivity contribution in [3.05, 3.63) is 46.4 Å². The Labute approximate surface area is 185 Å². The highest BCUT2D eigenvalue weighted by molar-refractivity contribution is 14.0. The maximum absolute atomic E-state index is 5.34. The minimum Gasteiger partial charge on any atom is -0.496 e. The summed E-state index contributed by atoms with van der Waals surface area (Å²) < 4.78 is 16.8. The molecule has 0 fully saturated rings. The van der Waals surface area contributed by atoms with Gasteiger partial charge in [0.1, 0.15) is 5.75 Å². The summed E-state index contributed by atoms with van der Waals surface area (Å²) >= 11 is 3.50. The largest absolute Gasteiger partial charge is 0.496 e. The number of ether oxygens (including phenoxy) is 3. The van der Waals surface area contributed by atoms with Gasteiger partial charge in [0.2, 0.25) is 0 Å². The number of nitrogens with zero attached hydrogens (tertiary/aromatic N) is 1. The zero-order valence-corrected chi connectivity index (χ0v) is 19.8. The number of nitrogens with one attached hydrogen (secondary N) is 2. The van der Waals surface area contributed by atoms with E-state index >= 15 is 0 Å². The Hall–Kier alpha value is -1.68. The maximum atomic E-state index is 5.34. The second kappa shape index (κ2) is 11.9. The van der Waals surface area contributed by atoms with Crippen LogP contribution in [-0.4, -0.2) is 33.8 Å². The van der Waals surface area contributed by atoms with Gasteiger partial charge in [0.15, 0.2) is 17.5 Å². The van der Waals surface area contributed by atoms with Crippen LogP contribution in [0.25, 0.3) is 0 Å². The van der Waals surface area contributed by atoms with E-state index < -0.39 is 0 Å². The van der Waals surface area contributed by atoms with E-state index in [0.29, 0.717) is 24.0 Å². The maximum Gasteiger partial charge on any atom is 0.196 e. The zero-order valence-electron chi connectivity index (χ0n) is 15.8. The van der Waals surface area contributed by atoms with Crippen molar-refractivity contribution in [1.82, 2.24) is 5.32 Å². The summed E-state index contributed by atoms with van der Waals surface area (Å²) in [6, 6.07) is 11.6. The molecule has 27 heavy (non-hydrogen) atoms. The topological polar surface area (TPSA) is 64.1 Å². The van der Waals surface area contributed by atoms with Crippen LogP contribution in [0.1, 0.15) is 12.5 Å². The number of benzene rings is 2. The number of rotatable bonds is 7. The normalized spacial score (nSPS) is 10.6. The van der Waals surface area contributed by atoms with Crippen LogP contribution in [0.2, 0.25) is 0 Å². The molecule has 0 heterocycles. The number of guanidine groups is 1. The van der Waals surface area contributed by atoms with Gasteiger partial charge in [-0.2, -0.15) is 0 Å². The van der Waals surface area contributed by atoms with Crippen LogP contribution < -0.4 is 24.8 Å². The summed E-state index contributed by atoms with van der Waals surface area (Å²) in [7, 11) is 4.88. The fourth-order valence-electron chi connectivity index (χ4n) is 2.34. The summed E-state index contributed by atoms with van der Waals surface area (Å²) in [5, 5.41) is 6.52. The fourth-order valence-corrected chi connectivity index (χ4v) is 2.92. The van der Waals surface area contributed by atoms with E-state index in [4.69, 9.17) is 14.2 Å². The Balaban J connectivity index is 0.00000364. The lowest BCUT2D eigenvalue weighted by atomic mass is 10.2. The standard InChI is InChI=1S/C19H24BrN3O3.HI/c1-5-21-19(22-12-13-6-8-16(24-2)15(20)10-13)23-14-7-9-17(25-3)18(11-14)26-4;/h6-11H,5,12H2,1-4H3,(H2,21,22,23);1H. The van der Waals surface area contributed by atoms with Crippen LogP contribution in [0.4, 0.5) is 5.69 Å². The Morgan fingerprint density at radius 3 is 2.22 bits per heavy atom. The predicted molar refractivity (Wildman–Crippen MR) is 124 cm³/mol. The van der Waals surface area contributed by atoms with E-state index in [1.165, 1.54) is 0 Å². The molecule has 2 aromatic rings. The summed E-state index contributed by atoms with van der Waals surface area (Å²) in [6.07, 6.45) is 0. The molecule has 0 bridgehead atoms. The highest BCUT2D eigenvalue weighted by atomic mass is 127. The lowest BCUT2D eigenvalue weighted by Gasteiger charge is -2.14. The fraction of sp³-hybridized carbons (Fsp3) is 0.316. The van der Waals surface area contributed by atoms with Gasteiger partial charge in [0.25, 0.3) is 0 Å². The molecule has 2 aromatic carbocycles. The molecule has 2 rings (SSSR count). The van der Waals surface area contributed by atoms with Gasteiger partial charge in [-0.15, -0.1) is 24.0 Å². The SMILES string of the molecule is CCNC(=NCc1ccc(OC)c(Br)c1)Nc1ccc(OC)c(OC)c1.I. The Kier molecular flexibility index (Phi) is 10.3. The van der Waals surface area contributed by atoms with Crippen LogP contribution in [0, 0.1) is 0 Å². The first-order valence-corrected chi connectivity index (χ1v) is 9.00. The van der Waals surface area contributed by atoms with Crippen LogP contribution in [0.15, 0.2) is 45.9 Å². The number of hydrogen-bond acceptors (Lipinski definition) is 4. The molecule has 0 aromatic heterocycles. The van der Waals surface area contributed by atoms with Crippen molar-refractivity contribution < 1.29 is 14.2 Å². The van der Waals surface area contributed by atoms with Gasteiger partial charge in [0, 0.05) is 18.3 Å². The van der Waals surface area contributed by atoms with Crippen molar-refractivity contribution in [2.24, 2.45) is 4.99 Å². The van der Waals surface area contributed by atoms with E-state index in [2.05, 4.69) is 31.6 Å². The van der Waals surface area contributed by atoms with Gasteiger partial charge in [-0.25, -0.2) is 4.99 Å². The van der Waals surface area contributed by atoms with Gasteiger partial charge in [0.05, 0.1) is 32.3 Å². The second-order valence-electron chi connectivity index (χ2n) is 5.36. The van der Waals surface area contributed by atoms with Crippen molar-refractivity contribution in [3.63, 3.8) is 0 Å². The van der Waals surface area contributed by atoms with Crippen LogP contribution >= 0.6 is 39.9 Å². The summed E-state index contributed by atoms with van der Waals surface area (Å²) in [5.41, 5.74) is 1.93. The molecule has 0 aliphatic carbocycles. The number of methoxy groups -OCH3 is 3. The van der Waals surface area contributed by atoms with Crippen molar-refractivity contribution >= 4 is 51.6 Å². The number of halogens is 2. The van der Waals surface area contributed by atoms with Crippen molar-refractivity contribution in [3.8, 4) is 17.2 Å². The van der Waals surface area contributed by atoms with Gasteiger partial charge in [-0.3, -0.25) is 0 Å². The summed E-state index contributed by atoms with van der Waals surface area (Å²) in [5.74, 6) is 2.83. The van der Waals surface area contributed by atoms with Gasteiger partial charge >= 0.3 is 0 Å². The molecule has 0 aliphatic rings. The van der Waals surface area contributed by atoms with E-state index in [1.54, 1.807) is 21.3 Å². The first kappa shape index (κ1) is 23.4. The number of aliphatic imine (C=N–C) groups is 1. The van der Waals surface area contributed by atoms with E-state index in [0.717, 1.165) is 28.0 Å². The molecular formula is C19H25BrIN3O3. The van der Waals surface area contributed by atoms with Gasteiger partial charge in [-0.1, -0.05) is 6.07 Å². The second-order valence-corrected chi connectivity index (χ2v) is 6.21. The van der Waals surface area contributed by atoms with Crippen LogP contribution in [0.5, 0.6) is 17.2 Å². The third-order valence-electron chi connectivity index (χ3n) is 3.63. The first-order chi connectivity index (χ1) is 12.6. The predicted octanol–water partition coefficient (Wildman–Crippen LogP) is 4.67. The van der Waals surface area contributed by atoms with Crippen molar-refractivity contribution in [2.45, 2.75) is 13.5 Å². The first-order valence-electron chi connectivity index (χ1n) is 8.21. The molecule has 0 saturated carbocycles. The molecule has 0 aliphatic heterocycles. The Morgan fingerprint density at radius 2 is 1.63 bits per heavy atom. The van der Waals surface area contributed by atoms with Gasteiger partial charge in [-0.05, 0) is 52.7 Å². The highest BCUT2D eigenvalue weighted by Gasteiger charge is 2.07. The summed E-state index contributed by atoms with van der Waals surface area (Å²) in [4.78, 5) is 4.63. The molecule has 0 unspecified atom stereocenters. The third-order valence-corrected chi connectivity index (χ3v) is 4.25. The van der Waals surface area contributed by atoms with E-state index in [9.17, 15) is 0 Å². The Bertz CT molecular complexity index is 772. The Morgan fingerprint density at radius 1 is 0.963 bits per heavy atom. The minimum atomic E-state index is 0. The molecule has 6 nitrogen and oxygen atoms in total. The molecule has 2 N–H and O–H groups in total. The highest BCUT2D eigenvalue weighted by Crippen LogP contribution is 2.29. The minimum absolute atomic E-state index is 0. The molecule has 0 radical (unpaired) electrons. The van der Waals surface area contributed by atoms with Crippen molar-refractivity contribution in [1.29, 1.82) is 0 Å². The molecule has 0 amide bonds. The molecule has 0 atom stereocenters. The lowest BCUT2D eigenvalue weighted by molar-refractivity contribution is 0.355. The average Bonchev–Trinajstić information content (AvgIpc) is 2.66. The smallest absolute Gasteiger partial charge is 0.196 e. The molecule has 8 heteroatoms. The van der Waals surface area contributed by atoms with E-state index in [-0.39, 0.29) is 24.0 Å². The van der Waals surface area contributed by atoms with Crippen LogP contribution in [0.3, 0.4) is 0 Å². The molecular weight excluding hydrogens is 525 g/mol.